The fraction of sp³-hybridized carbons (Fsp3) is 0.611. The van der Waals surface area contributed by atoms with Crippen molar-refractivity contribution in [1.82, 2.24) is 10.6 Å². The van der Waals surface area contributed by atoms with Crippen LogP contribution < -0.4 is 10.6 Å². The van der Waals surface area contributed by atoms with Gasteiger partial charge >= 0.3 is 0 Å². The zero-order valence-electron chi connectivity index (χ0n) is 13.2. The summed E-state index contributed by atoms with van der Waals surface area (Å²) in [5.41, 5.74) is 3.66. The van der Waals surface area contributed by atoms with Gasteiger partial charge in [-0.1, -0.05) is 38.8 Å². The number of fused-ring (bicyclic) bond motifs is 1. The summed E-state index contributed by atoms with van der Waals surface area (Å²) in [5, 5.41) is 6.63. The SMILES string of the molecule is CCNC(c1ccc2c(c1)C(=O)NCC2)C1(C)CCCC1. The van der Waals surface area contributed by atoms with Gasteiger partial charge < -0.3 is 10.6 Å². The van der Waals surface area contributed by atoms with Crippen LogP contribution in [0.3, 0.4) is 0 Å². The second kappa shape index (κ2) is 5.80. The number of nitrogens with one attached hydrogen (secondary N) is 2. The van der Waals surface area contributed by atoms with E-state index in [2.05, 4.69) is 42.7 Å². The summed E-state index contributed by atoms with van der Waals surface area (Å²) < 4.78 is 0. The normalized spacial score (nSPS) is 21.7. The number of hydrogen-bond acceptors (Lipinski definition) is 2. The Morgan fingerprint density at radius 2 is 2.10 bits per heavy atom. The van der Waals surface area contributed by atoms with E-state index in [4.69, 9.17) is 0 Å². The molecular formula is C18H26N2O. The Morgan fingerprint density at radius 1 is 1.33 bits per heavy atom. The van der Waals surface area contributed by atoms with Crippen LogP contribution in [0.5, 0.6) is 0 Å². The topological polar surface area (TPSA) is 41.1 Å². The fourth-order valence-electron chi connectivity index (χ4n) is 4.05. The molecule has 1 atom stereocenters. The molecule has 1 aromatic rings. The molecule has 1 aliphatic heterocycles. The zero-order valence-corrected chi connectivity index (χ0v) is 13.2. The van der Waals surface area contributed by atoms with E-state index in [0.29, 0.717) is 11.5 Å². The Labute approximate surface area is 127 Å². The summed E-state index contributed by atoms with van der Waals surface area (Å²) in [6.07, 6.45) is 6.14. The average molecular weight is 286 g/mol. The van der Waals surface area contributed by atoms with E-state index in [-0.39, 0.29) is 5.91 Å². The number of benzene rings is 1. The van der Waals surface area contributed by atoms with Gasteiger partial charge in [0.1, 0.15) is 0 Å². The molecule has 1 unspecified atom stereocenters. The van der Waals surface area contributed by atoms with Crippen molar-refractivity contribution in [3.63, 3.8) is 0 Å². The highest BCUT2D eigenvalue weighted by Crippen LogP contribution is 2.47. The molecule has 3 heteroatoms. The van der Waals surface area contributed by atoms with Gasteiger partial charge in [-0.3, -0.25) is 4.79 Å². The lowest BCUT2D eigenvalue weighted by atomic mass is 9.76. The highest BCUT2D eigenvalue weighted by molar-refractivity contribution is 5.96. The Kier molecular flexibility index (Phi) is 4.03. The van der Waals surface area contributed by atoms with Crippen LogP contribution in [-0.2, 0) is 6.42 Å². The first-order chi connectivity index (χ1) is 10.1. The minimum atomic E-state index is 0.0879. The van der Waals surface area contributed by atoms with E-state index in [1.807, 2.05) is 0 Å². The van der Waals surface area contributed by atoms with Crippen molar-refractivity contribution in [3.8, 4) is 0 Å². The molecule has 1 aliphatic carbocycles. The van der Waals surface area contributed by atoms with Crippen molar-refractivity contribution in [3.05, 3.63) is 34.9 Å². The van der Waals surface area contributed by atoms with Gasteiger partial charge in [-0.15, -0.1) is 0 Å². The lowest BCUT2D eigenvalue weighted by molar-refractivity contribution is 0.0945. The quantitative estimate of drug-likeness (QED) is 0.892. The molecule has 0 saturated heterocycles. The minimum Gasteiger partial charge on any atom is -0.352 e. The van der Waals surface area contributed by atoms with Crippen molar-refractivity contribution in [2.75, 3.05) is 13.1 Å². The first-order valence-electron chi connectivity index (χ1n) is 8.28. The second-order valence-electron chi connectivity index (χ2n) is 6.77. The Bertz CT molecular complexity index is 532. The van der Waals surface area contributed by atoms with Crippen molar-refractivity contribution < 1.29 is 4.79 Å². The van der Waals surface area contributed by atoms with Gasteiger partial charge in [0.25, 0.3) is 5.91 Å². The van der Waals surface area contributed by atoms with Crippen LogP contribution in [0.1, 0.15) is 67.1 Å². The standard InChI is InChI=1S/C18H26N2O/c1-3-19-16(18(2)9-4-5-10-18)14-7-6-13-8-11-20-17(21)15(13)12-14/h6-7,12,16,19H,3-5,8-11H2,1-2H3,(H,20,21). The van der Waals surface area contributed by atoms with Gasteiger partial charge in [0.15, 0.2) is 0 Å². The zero-order chi connectivity index (χ0) is 14.9. The summed E-state index contributed by atoms with van der Waals surface area (Å²) in [6, 6.07) is 6.87. The summed E-state index contributed by atoms with van der Waals surface area (Å²) >= 11 is 0. The number of amides is 1. The van der Waals surface area contributed by atoms with Crippen molar-refractivity contribution in [1.29, 1.82) is 0 Å². The molecule has 2 aliphatic rings. The predicted octanol–water partition coefficient (Wildman–Crippen LogP) is 3.20. The minimum absolute atomic E-state index is 0.0879. The predicted molar refractivity (Wildman–Crippen MR) is 85.5 cm³/mol. The van der Waals surface area contributed by atoms with Crippen LogP contribution >= 0.6 is 0 Å². The molecule has 1 heterocycles. The molecule has 1 saturated carbocycles. The lowest BCUT2D eigenvalue weighted by Gasteiger charge is -2.36. The molecule has 2 N–H and O–H groups in total. The van der Waals surface area contributed by atoms with Crippen LogP contribution in [0.4, 0.5) is 0 Å². The molecule has 1 aromatic carbocycles. The Morgan fingerprint density at radius 3 is 2.81 bits per heavy atom. The Balaban J connectivity index is 1.96. The van der Waals surface area contributed by atoms with Gasteiger partial charge in [0.05, 0.1) is 0 Å². The monoisotopic (exact) mass is 286 g/mol. The molecule has 0 spiro atoms. The van der Waals surface area contributed by atoms with E-state index in [0.717, 1.165) is 25.1 Å². The van der Waals surface area contributed by atoms with E-state index in [1.165, 1.54) is 36.8 Å². The molecule has 0 radical (unpaired) electrons. The van der Waals surface area contributed by atoms with E-state index in [9.17, 15) is 4.79 Å². The van der Waals surface area contributed by atoms with Gasteiger partial charge in [0, 0.05) is 18.2 Å². The van der Waals surface area contributed by atoms with E-state index < -0.39 is 0 Å². The smallest absolute Gasteiger partial charge is 0.251 e. The van der Waals surface area contributed by atoms with Crippen molar-refractivity contribution in [2.24, 2.45) is 5.41 Å². The van der Waals surface area contributed by atoms with Crippen molar-refractivity contribution in [2.45, 2.75) is 52.0 Å². The maximum Gasteiger partial charge on any atom is 0.251 e. The van der Waals surface area contributed by atoms with E-state index in [1.54, 1.807) is 0 Å². The van der Waals surface area contributed by atoms with Crippen LogP contribution in [0.15, 0.2) is 18.2 Å². The number of carbonyl (C=O) groups excluding carboxylic acids is 1. The van der Waals surface area contributed by atoms with Gasteiger partial charge in [-0.2, -0.15) is 0 Å². The highest BCUT2D eigenvalue weighted by atomic mass is 16.1. The van der Waals surface area contributed by atoms with Gasteiger partial charge in [-0.05, 0) is 48.4 Å². The average Bonchev–Trinajstić information content (AvgIpc) is 2.93. The van der Waals surface area contributed by atoms with Gasteiger partial charge in [0.2, 0.25) is 0 Å². The number of hydrogen-bond donors (Lipinski definition) is 2. The number of rotatable bonds is 4. The number of carbonyl (C=O) groups is 1. The van der Waals surface area contributed by atoms with Gasteiger partial charge in [-0.25, -0.2) is 0 Å². The lowest BCUT2D eigenvalue weighted by Crippen LogP contribution is -2.36. The molecule has 1 fully saturated rings. The molecular weight excluding hydrogens is 260 g/mol. The fourth-order valence-corrected chi connectivity index (χ4v) is 4.05. The summed E-state index contributed by atoms with van der Waals surface area (Å²) in [5.74, 6) is 0.0879. The molecule has 1 amide bonds. The highest BCUT2D eigenvalue weighted by Gasteiger charge is 2.37. The first kappa shape index (κ1) is 14.6. The van der Waals surface area contributed by atoms with Crippen LogP contribution in [0.2, 0.25) is 0 Å². The molecule has 0 aromatic heterocycles. The molecule has 3 rings (SSSR count). The molecule has 3 nitrogen and oxygen atoms in total. The maximum atomic E-state index is 12.1. The third kappa shape index (κ3) is 2.71. The van der Waals surface area contributed by atoms with Crippen LogP contribution in [0, 0.1) is 5.41 Å². The summed E-state index contributed by atoms with van der Waals surface area (Å²) in [4.78, 5) is 12.1. The summed E-state index contributed by atoms with van der Waals surface area (Å²) in [7, 11) is 0. The molecule has 114 valence electrons. The summed E-state index contributed by atoms with van der Waals surface area (Å²) in [6.45, 7) is 6.28. The maximum absolute atomic E-state index is 12.1. The first-order valence-corrected chi connectivity index (χ1v) is 8.28. The Hall–Kier alpha value is -1.35. The molecule has 21 heavy (non-hydrogen) atoms. The van der Waals surface area contributed by atoms with Crippen LogP contribution in [-0.4, -0.2) is 19.0 Å². The second-order valence-corrected chi connectivity index (χ2v) is 6.77. The largest absolute Gasteiger partial charge is 0.352 e. The van der Waals surface area contributed by atoms with E-state index >= 15 is 0 Å². The third-order valence-electron chi connectivity index (χ3n) is 5.24. The molecule has 0 bridgehead atoms. The van der Waals surface area contributed by atoms with Crippen LogP contribution in [0.25, 0.3) is 0 Å². The van der Waals surface area contributed by atoms with Crippen molar-refractivity contribution >= 4 is 5.91 Å². The third-order valence-corrected chi connectivity index (χ3v) is 5.24.